The summed E-state index contributed by atoms with van der Waals surface area (Å²) >= 11 is 0. The zero-order chi connectivity index (χ0) is 18.6. The van der Waals surface area contributed by atoms with E-state index in [1.54, 1.807) is 12.1 Å². The van der Waals surface area contributed by atoms with Crippen LogP contribution in [0.1, 0.15) is 18.9 Å². The maximum Gasteiger partial charge on any atom is 0.269 e. The molecule has 0 heterocycles. The molecule has 0 aliphatic carbocycles. The van der Waals surface area contributed by atoms with Crippen molar-refractivity contribution in [3.05, 3.63) is 70.3 Å². The van der Waals surface area contributed by atoms with Gasteiger partial charge >= 0.3 is 0 Å². The minimum Gasteiger partial charge on any atom is -0.494 e. The van der Waals surface area contributed by atoms with Gasteiger partial charge in [-0.2, -0.15) is 0 Å². The lowest BCUT2D eigenvalue weighted by atomic mass is 10.2. The second kappa shape index (κ2) is 10.7. The second-order valence-corrected chi connectivity index (χ2v) is 5.56. The van der Waals surface area contributed by atoms with Crippen molar-refractivity contribution in [3.63, 3.8) is 0 Å². The van der Waals surface area contributed by atoms with E-state index in [-0.39, 0.29) is 5.69 Å². The van der Waals surface area contributed by atoms with Gasteiger partial charge in [0.05, 0.1) is 18.1 Å². The number of nitro benzene ring substituents is 1. The van der Waals surface area contributed by atoms with Gasteiger partial charge in [0.1, 0.15) is 5.75 Å². The lowest BCUT2D eigenvalue weighted by Crippen LogP contribution is -2.38. The van der Waals surface area contributed by atoms with Gasteiger partial charge in [-0.3, -0.25) is 10.1 Å². The number of guanidine groups is 1. The Labute approximate surface area is 153 Å². The number of nitrogens with one attached hydrogen (secondary N) is 2. The molecule has 7 heteroatoms. The molecular weight excluding hydrogens is 332 g/mol. The highest BCUT2D eigenvalue weighted by atomic mass is 16.6. The highest BCUT2D eigenvalue weighted by Crippen LogP contribution is 2.13. The fourth-order valence-corrected chi connectivity index (χ4v) is 2.27. The summed E-state index contributed by atoms with van der Waals surface area (Å²) < 4.78 is 5.65. The number of rotatable bonds is 9. The summed E-state index contributed by atoms with van der Waals surface area (Å²) in [6.07, 6.45) is 0.829. The molecule has 2 aromatic carbocycles. The number of benzene rings is 2. The van der Waals surface area contributed by atoms with Gasteiger partial charge in [-0.05, 0) is 31.0 Å². The van der Waals surface area contributed by atoms with Crippen molar-refractivity contribution in [2.75, 3.05) is 19.7 Å². The van der Waals surface area contributed by atoms with Crippen molar-refractivity contribution in [1.82, 2.24) is 10.6 Å². The van der Waals surface area contributed by atoms with Crippen LogP contribution in [0.5, 0.6) is 5.75 Å². The molecule has 7 nitrogen and oxygen atoms in total. The van der Waals surface area contributed by atoms with Crippen LogP contribution in [0, 0.1) is 10.1 Å². The maximum absolute atomic E-state index is 10.8. The van der Waals surface area contributed by atoms with E-state index in [2.05, 4.69) is 15.6 Å². The van der Waals surface area contributed by atoms with Gasteiger partial charge in [-0.15, -0.1) is 0 Å². The van der Waals surface area contributed by atoms with E-state index in [1.807, 2.05) is 43.3 Å². The van der Waals surface area contributed by atoms with E-state index in [9.17, 15) is 10.1 Å². The molecule has 0 aromatic heterocycles. The molecule has 0 aliphatic rings. The quantitative estimate of drug-likeness (QED) is 0.237. The van der Waals surface area contributed by atoms with Crippen molar-refractivity contribution in [3.8, 4) is 5.75 Å². The Morgan fingerprint density at radius 2 is 1.96 bits per heavy atom. The highest BCUT2D eigenvalue weighted by Gasteiger charge is 2.05. The van der Waals surface area contributed by atoms with Gasteiger partial charge < -0.3 is 15.4 Å². The van der Waals surface area contributed by atoms with Crippen molar-refractivity contribution < 1.29 is 9.66 Å². The van der Waals surface area contributed by atoms with Gasteiger partial charge in [0, 0.05) is 25.2 Å². The zero-order valence-corrected chi connectivity index (χ0v) is 14.9. The topological polar surface area (TPSA) is 88.8 Å². The Kier molecular flexibility index (Phi) is 7.92. The summed E-state index contributed by atoms with van der Waals surface area (Å²) in [6.45, 7) is 4.43. The predicted octanol–water partition coefficient (Wildman–Crippen LogP) is 3.12. The number of para-hydroxylation sites is 1. The molecule has 2 aromatic rings. The number of nitro groups is 1. The molecule has 0 unspecified atom stereocenters. The Bertz CT molecular complexity index is 720. The van der Waals surface area contributed by atoms with Crippen LogP contribution in [0.3, 0.4) is 0 Å². The van der Waals surface area contributed by atoms with E-state index < -0.39 is 4.92 Å². The maximum atomic E-state index is 10.8. The van der Waals surface area contributed by atoms with E-state index in [0.29, 0.717) is 25.7 Å². The fraction of sp³-hybridized carbons (Fsp3) is 0.316. The number of hydrogen-bond donors (Lipinski definition) is 2. The first-order chi connectivity index (χ1) is 12.7. The van der Waals surface area contributed by atoms with E-state index >= 15 is 0 Å². The lowest BCUT2D eigenvalue weighted by molar-refractivity contribution is -0.384. The average Bonchev–Trinajstić information content (AvgIpc) is 2.66. The molecule has 138 valence electrons. The molecule has 0 spiro atoms. The number of non-ortho nitro benzene ring substituents is 1. The van der Waals surface area contributed by atoms with E-state index in [1.165, 1.54) is 6.07 Å². The summed E-state index contributed by atoms with van der Waals surface area (Å²) in [6, 6.07) is 16.2. The normalized spacial score (nSPS) is 11.0. The molecule has 0 saturated heterocycles. The van der Waals surface area contributed by atoms with Crippen LogP contribution in [0.15, 0.2) is 59.6 Å². The third kappa shape index (κ3) is 6.80. The molecule has 2 N–H and O–H groups in total. The van der Waals surface area contributed by atoms with Gasteiger partial charge in [0.2, 0.25) is 0 Å². The molecule has 0 saturated carbocycles. The van der Waals surface area contributed by atoms with Gasteiger partial charge in [0.15, 0.2) is 5.96 Å². The molecule has 0 radical (unpaired) electrons. The summed E-state index contributed by atoms with van der Waals surface area (Å²) in [5.74, 6) is 1.54. The first-order valence-electron chi connectivity index (χ1n) is 8.62. The van der Waals surface area contributed by atoms with Crippen LogP contribution in [0.4, 0.5) is 5.69 Å². The first kappa shape index (κ1) is 19.2. The summed E-state index contributed by atoms with van der Waals surface area (Å²) in [5, 5.41) is 17.2. The highest BCUT2D eigenvalue weighted by molar-refractivity contribution is 5.79. The number of hydrogen-bond acceptors (Lipinski definition) is 4. The standard InChI is InChI=1S/C19H24N4O3/c1-2-20-19(21-12-7-13-26-18-10-4-3-5-11-18)22-15-16-8-6-9-17(14-16)23(24)25/h3-6,8-11,14H,2,7,12-13,15H2,1H3,(H2,20,21,22). The molecule has 2 rings (SSSR count). The minimum atomic E-state index is -0.399. The van der Waals surface area contributed by atoms with Crippen molar-refractivity contribution in [2.24, 2.45) is 4.99 Å². The number of aliphatic imine (C=N–C) groups is 1. The van der Waals surface area contributed by atoms with Gasteiger partial charge in [-0.25, -0.2) is 4.99 Å². The Hall–Kier alpha value is -3.09. The molecule has 26 heavy (non-hydrogen) atoms. The van der Waals surface area contributed by atoms with Crippen LogP contribution in [0.2, 0.25) is 0 Å². The second-order valence-electron chi connectivity index (χ2n) is 5.56. The number of nitrogens with zero attached hydrogens (tertiary/aromatic N) is 2. The average molecular weight is 356 g/mol. The van der Waals surface area contributed by atoms with Crippen molar-refractivity contribution in [2.45, 2.75) is 19.9 Å². The number of ether oxygens (including phenoxy) is 1. The smallest absolute Gasteiger partial charge is 0.269 e. The first-order valence-corrected chi connectivity index (χ1v) is 8.62. The van der Waals surface area contributed by atoms with Crippen LogP contribution < -0.4 is 15.4 Å². The minimum absolute atomic E-state index is 0.0775. The third-order valence-electron chi connectivity index (χ3n) is 3.51. The van der Waals surface area contributed by atoms with Crippen molar-refractivity contribution in [1.29, 1.82) is 0 Å². The molecule has 0 fully saturated rings. The Balaban J connectivity index is 1.79. The van der Waals surface area contributed by atoms with Crippen LogP contribution in [0.25, 0.3) is 0 Å². The predicted molar refractivity (Wildman–Crippen MR) is 102 cm³/mol. The van der Waals surface area contributed by atoms with E-state index in [4.69, 9.17) is 4.74 Å². The Morgan fingerprint density at radius 1 is 1.15 bits per heavy atom. The van der Waals surface area contributed by atoms with Crippen LogP contribution >= 0.6 is 0 Å². The molecular formula is C19H24N4O3. The molecule has 0 atom stereocenters. The largest absolute Gasteiger partial charge is 0.494 e. The Morgan fingerprint density at radius 3 is 2.69 bits per heavy atom. The van der Waals surface area contributed by atoms with Crippen molar-refractivity contribution >= 4 is 11.6 Å². The third-order valence-corrected chi connectivity index (χ3v) is 3.51. The van der Waals surface area contributed by atoms with Gasteiger partial charge in [-0.1, -0.05) is 30.3 Å². The SMILES string of the molecule is CCNC(=NCc1cccc([N+](=O)[O-])c1)NCCCOc1ccccc1. The molecule has 0 amide bonds. The monoisotopic (exact) mass is 356 g/mol. The summed E-state index contributed by atoms with van der Waals surface area (Å²) in [5.41, 5.74) is 0.873. The van der Waals surface area contributed by atoms with E-state index in [0.717, 1.165) is 24.3 Å². The van der Waals surface area contributed by atoms with Gasteiger partial charge in [0.25, 0.3) is 5.69 Å². The zero-order valence-electron chi connectivity index (χ0n) is 14.9. The molecule has 0 aliphatic heterocycles. The molecule has 0 bridgehead atoms. The summed E-state index contributed by atoms with van der Waals surface area (Å²) in [7, 11) is 0. The van der Waals surface area contributed by atoms with Crippen LogP contribution in [-0.2, 0) is 6.54 Å². The lowest BCUT2D eigenvalue weighted by Gasteiger charge is -2.11. The van der Waals surface area contributed by atoms with Crippen LogP contribution in [-0.4, -0.2) is 30.6 Å². The fourth-order valence-electron chi connectivity index (χ4n) is 2.27. The summed E-state index contributed by atoms with van der Waals surface area (Å²) in [4.78, 5) is 14.9.